The van der Waals surface area contributed by atoms with Gasteiger partial charge in [-0.2, -0.15) is 0 Å². The minimum absolute atomic E-state index is 0.622. The molecule has 0 bridgehead atoms. The summed E-state index contributed by atoms with van der Waals surface area (Å²) in [6.45, 7) is 2.55. The molecule has 0 spiro atoms. The number of methoxy groups -OCH3 is 1. The topological polar surface area (TPSA) is 21.3 Å². The molecule has 0 unspecified atom stereocenters. The number of hydrogen-bond donors (Lipinski definition) is 1. The van der Waals surface area contributed by atoms with Gasteiger partial charge in [-0.15, -0.1) is 0 Å². The Bertz CT molecular complexity index is 632. The predicted octanol–water partition coefficient (Wildman–Crippen LogP) is 5.69. The van der Waals surface area contributed by atoms with Gasteiger partial charge in [0.1, 0.15) is 5.75 Å². The summed E-state index contributed by atoms with van der Waals surface area (Å²) >= 11 is 15.9. The molecule has 0 saturated carbocycles. The van der Waals surface area contributed by atoms with E-state index >= 15 is 0 Å². The van der Waals surface area contributed by atoms with Gasteiger partial charge in [0.05, 0.1) is 17.8 Å². The number of rotatable bonds is 4. The van der Waals surface area contributed by atoms with E-state index in [1.807, 2.05) is 37.3 Å². The number of aryl methyl sites for hydroxylation is 1. The van der Waals surface area contributed by atoms with Crippen molar-refractivity contribution in [2.24, 2.45) is 0 Å². The average molecular weight is 375 g/mol. The maximum atomic E-state index is 6.21. The normalized spacial score (nSPS) is 10.4. The fraction of sp³-hybridized carbons (Fsp3) is 0.200. The second kappa shape index (κ2) is 6.70. The van der Waals surface area contributed by atoms with E-state index in [1.54, 1.807) is 7.11 Å². The van der Waals surface area contributed by atoms with Crippen molar-refractivity contribution >= 4 is 44.8 Å². The molecule has 0 aliphatic heterocycles. The second-order valence-corrected chi connectivity index (χ2v) is 6.06. The first-order valence-electron chi connectivity index (χ1n) is 6.03. The summed E-state index contributed by atoms with van der Waals surface area (Å²) in [5.41, 5.74) is 2.86. The Morgan fingerprint density at radius 3 is 2.60 bits per heavy atom. The summed E-state index contributed by atoms with van der Waals surface area (Å²) in [7, 11) is 1.65. The van der Waals surface area contributed by atoms with Crippen LogP contribution in [0.4, 0.5) is 5.69 Å². The zero-order chi connectivity index (χ0) is 14.7. The lowest BCUT2D eigenvalue weighted by Gasteiger charge is -2.12. The van der Waals surface area contributed by atoms with Crippen LogP contribution < -0.4 is 10.1 Å². The van der Waals surface area contributed by atoms with E-state index in [0.717, 1.165) is 27.0 Å². The van der Waals surface area contributed by atoms with Crippen LogP contribution in [0.5, 0.6) is 5.75 Å². The SMILES string of the molecule is COc1ccc(Br)c(CNc2cc(Cl)c(C)cc2Cl)c1. The molecule has 0 atom stereocenters. The Hall–Kier alpha value is -0.900. The molecule has 2 rings (SSSR count). The van der Waals surface area contributed by atoms with Crippen LogP contribution in [0, 0.1) is 6.92 Å². The number of ether oxygens (including phenoxy) is 1. The Morgan fingerprint density at radius 2 is 1.90 bits per heavy atom. The fourth-order valence-corrected chi connectivity index (χ4v) is 2.62. The molecule has 5 heteroatoms. The van der Waals surface area contributed by atoms with Crippen molar-refractivity contribution in [3.8, 4) is 5.75 Å². The van der Waals surface area contributed by atoms with Crippen LogP contribution >= 0.6 is 39.1 Å². The van der Waals surface area contributed by atoms with Gasteiger partial charge in [-0.3, -0.25) is 0 Å². The monoisotopic (exact) mass is 373 g/mol. The Kier molecular flexibility index (Phi) is 5.19. The van der Waals surface area contributed by atoms with Crippen LogP contribution in [0.25, 0.3) is 0 Å². The third kappa shape index (κ3) is 3.60. The largest absolute Gasteiger partial charge is 0.497 e. The molecule has 0 fully saturated rings. The van der Waals surface area contributed by atoms with E-state index in [0.29, 0.717) is 16.6 Å². The van der Waals surface area contributed by atoms with Crippen LogP contribution in [0.2, 0.25) is 10.0 Å². The van der Waals surface area contributed by atoms with Crippen molar-refractivity contribution in [2.45, 2.75) is 13.5 Å². The number of benzene rings is 2. The predicted molar refractivity (Wildman–Crippen MR) is 89.2 cm³/mol. The molecule has 0 heterocycles. The van der Waals surface area contributed by atoms with E-state index in [9.17, 15) is 0 Å². The van der Waals surface area contributed by atoms with Crippen molar-refractivity contribution in [3.63, 3.8) is 0 Å². The van der Waals surface area contributed by atoms with Gasteiger partial charge in [0, 0.05) is 16.0 Å². The molecule has 1 N–H and O–H groups in total. The molecule has 0 radical (unpaired) electrons. The van der Waals surface area contributed by atoms with Crippen molar-refractivity contribution < 1.29 is 4.74 Å². The quantitative estimate of drug-likeness (QED) is 0.742. The number of hydrogen-bond acceptors (Lipinski definition) is 2. The first-order chi connectivity index (χ1) is 9.51. The summed E-state index contributed by atoms with van der Waals surface area (Å²) < 4.78 is 6.24. The Morgan fingerprint density at radius 1 is 1.15 bits per heavy atom. The van der Waals surface area contributed by atoms with Gasteiger partial charge in [-0.05, 0) is 48.4 Å². The van der Waals surface area contributed by atoms with Crippen molar-refractivity contribution in [1.29, 1.82) is 0 Å². The van der Waals surface area contributed by atoms with Crippen LogP contribution in [0.3, 0.4) is 0 Å². The zero-order valence-electron chi connectivity index (χ0n) is 11.1. The highest BCUT2D eigenvalue weighted by Gasteiger charge is 2.06. The third-order valence-corrected chi connectivity index (χ3v) is 4.46. The highest BCUT2D eigenvalue weighted by Crippen LogP contribution is 2.30. The van der Waals surface area contributed by atoms with Gasteiger partial charge in [-0.25, -0.2) is 0 Å². The molecule has 2 aromatic rings. The molecule has 0 amide bonds. The molecule has 2 nitrogen and oxygen atoms in total. The minimum atomic E-state index is 0.622. The zero-order valence-corrected chi connectivity index (χ0v) is 14.2. The lowest BCUT2D eigenvalue weighted by Crippen LogP contribution is -2.01. The van der Waals surface area contributed by atoms with Crippen LogP contribution in [-0.2, 0) is 6.54 Å². The highest BCUT2D eigenvalue weighted by atomic mass is 79.9. The van der Waals surface area contributed by atoms with Gasteiger partial charge in [0.15, 0.2) is 0 Å². The second-order valence-electron chi connectivity index (χ2n) is 4.39. The molecular formula is C15H14BrCl2NO. The van der Waals surface area contributed by atoms with Crippen molar-refractivity contribution in [1.82, 2.24) is 0 Å². The first kappa shape index (κ1) is 15.5. The summed E-state index contributed by atoms with van der Waals surface area (Å²) in [6.07, 6.45) is 0. The van der Waals surface area contributed by atoms with E-state index in [-0.39, 0.29) is 0 Å². The van der Waals surface area contributed by atoms with Gasteiger partial charge < -0.3 is 10.1 Å². The van der Waals surface area contributed by atoms with Crippen LogP contribution in [-0.4, -0.2) is 7.11 Å². The minimum Gasteiger partial charge on any atom is -0.497 e. The first-order valence-corrected chi connectivity index (χ1v) is 7.58. The summed E-state index contributed by atoms with van der Waals surface area (Å²) in [4.78, 5) is 0. The Labute approximate surface area is 137 Å². The molecule has 2 aromatic carbocycles. The van der Waals surface area contributed by atoms with E-state index in [4.69, 9.17) is 27.9 Å². The molecule has 0 aromatic heterocycles. The summed E-state index contributed by atoms with van der Waals surface area (Å²) in [5, 5.41) is 4.64. The molecule has 0 aliphatic rings. The smallest absolute Gasteiger partial charge is 0.119 e. The molecule has 20 heavy (non-hydrogen) atoms. The standard InChI is InChI=1S/C15H14BrCl2NO/c1-9-5-14(18)15(7-13(9)17)19-8-10-6-11(20-2)3-4-12(10)16/h3-7,19H,8H2,1-2H3. The van der Waals surface area contributed by atoms with E-state index < -0.39 is 0 Å². The molecule has 0 aliphatic carbocycles. The van der Waals surface area contributed by atoms with Gasteiger partial charge in [0.2, 0.25) is 0 Å². The van der Waals surface area contributed by atoms with Gasteiger partial charge >= 0.3 is 0 Å². The number of halogens is 3. The highest BCUT2D eigenvalue weighted by molar-refractivity contribution is 9.10. The van der Waals surface area contributed by atoms with Gasteiger partial charge in [-0.1, -0.05) is 39.1 Å². The number of anilines is 1. The Balaban J connectivity index is 2.18. The average Bonchev–Trinajstić information content (AvgIpc) is 2.43. The van der Waals surface area contributed by atoms with E-state index in [2.05, 4.69) is 21.2 Å². The van der Waals surface area contributed by atoms with Crippen molar-refractivity contribution in [2.75, 3.05) is 12.4 Å². The van der Waals surface area contributed by atoms with Crippen molar-refractivity contribution in [3.05, 3.63) is 56.0 Å². The summed E-state index contributed by atoms with van der Waals surface area (Å²) in [6, 6.07) is 9.53. The lowest BCUT2D eigenvalue weighted by molar-refractivity contribution is 0.414. The molecule has 0 saturated heterocycles. The lowest BCUT2D eigenvalue weighted by atomic mass is 10.2. The third-order valence-electron chi connectivity index (χ3n) is 2.97. The molecule has 106 valence electrons. The maximum Gasteiger partial charge on any atom is 0.119 e. The van der Waals surface area contributed by atoms with Crippen LogP contribution in [0.15, 0.2) is 34.8 Å². The molecular weight excluding hydrogens is 361 g/mol. The summed E-state index contributed by atoms with van der Waals surface area (Å²) in [5.74, 6) is 0.818. The van der Waals surface area contributed by atoms with Gasteiger partial charge in [0.25, 0.3) is 0 Å². The van der Waals surface area contributed by atoms with Crippen LogP contribution in [0.1, 0.15) is 11.1 Å². The maximum absolute atomic E-state index is 6.21. The fourth-order valence-electron chi connectivity index (χ4n) is 1.79. The number of nitrogens with one attached hydrogen (secondary N) is 1. The van der Waals surface area contributed by atoms with E-state index in [1.165, 1.54) is 0 Å².